The highest BCUT2D eigenvalue weighted by molar-refractivity contribution is 5.81. The first-order chi connectivity index (χ1) is 6.74. The van der Waals surface area contributed by atoms with Gasteiger partial charge in [0.05, 0.1) is 12.6 Å². The summed E-state index contributed by atoms with van der Waals surface area (Å²) in [4.78, 5) is 11.3. The van der Waals surface area contributed by atoms with E-state index in [4.69, 9.17) is 4.74 Å². The van der Waals surface area contributed by atoms with Gasteiger partial charge < -0.3 is 15.4 Å². The molecule has 4 heteroatoms. The molecule has 0 saturated carbocycles. The van der Waals surface area contributed by atoms with E-state index in [1.165, 1.54) is 0 Å². The Hall–Kier alpha value is -0.610. The second-order valence-corrected chi connectivity index (χ2v) is 3.75. The van der Waals surface area contributed by atoms with E-state index < -0.39 is 0 Å². The van der Waals surface area contributed by atoms with Crippen molar-refractivity contribution in [1.82, 2.24) is 10.6 Å². The molecule has 0 aromatic carbocycles. The Kier molecular flexibility index (Phi) is 4.90. The zero-order valence-corrected chi connectivity index (χ0v) is 9.01. The molecule has 1 rings (SSSR count). The molecule has 2 unspecified atom stereocenters. The molecule has 1 fully saturated rings. The van der Waals surface area contributed by atoms with Gasteiger partial charge in [-0.2, -0.15) is 0 Å². The largest absolute Gasteiger partial charge is 0.381 e. The van der Waals surface area contributed by atoms with Crippen LogP contribution in [0.2, 0.25) is 0 Å². The SMILES string of the molecule is CCNC(=O)C(C)NCC1CCOC1. The lowest BCUT2D eigenvalue weighted by Crippen LogP contribution is -2.43. The Labute approximate surface area is 85.4 Å². The van der Waals surface area contributed by atoms with Gasteiger partial charge in [-0.1, -0.05) is 0 Å². The lowest BCUT2D eigenvalue weighted by Gasteiger charge is -2.15. The van der Waals surface area contributed by atoms with Crippen LogP contribution >= 0.6 is 0 Å². The fraction of sp³-hybridized carbons (Fsp3) is 0.900. The lowest BCUT2D eigenvalue weighted by atomic mass is 10.1. The molecule has 1 saturated heterocycles. The minimum absolute atomic E-state index is 0.0754. The van der Waals surface area contributed by atoms with Crippen LogP contribution in [0.3, 0.4) is 0 Å². The monoisotopic (exact) mass is 200 g/mol. The zero-order valence-electron chi connectivity index (χ0n) is 9.01. The molecule has 14 heavy (non-hydrogen) atoms. The standard InChI is InChI=1S/C10H20N2O2/c1-3-11-10(13)8(2)12-6-9-4-5-14-7-9/h8-9,12H,3-7H2,1-2H3,(H,11,13). The maximum atomic E-state index is 11.3. The van der Waals surface area contributed by atoms with Gasteiger partial charge >= 0.3 is 0 Å². The number of ether oxygens (including phenoxy) is 1. The number of carbonyl (C=O) groups is 1. The average Bonchev–Trinajstić information content (AvgIpc) is 2.67. The molecule has 0 radical (unpaired) electrons. The van der Waals surface area contributed by atoms with Crippen molar-refractivity contribution < 1.29 is 9.53 Å². The van der Waals surface area contributed by atoms with Gasteiger partial charge in [0, 0.05) is 19.7 Å². The summed E-state index contributed by atoms with van der Waals surface area (Å²) >= 11 is 0. The van der Waals surface area contributed by atoms with Crippen LogP contribution in [0.5, 0.6) is 0 Å². The first-order valence-electron chi connectivity index (χ1n) is 5.33. The molecule has 2 atom stereocenters. The first kappa shape index (κ1) is 11.5. The van der Waals surface area contributed by atoms with Gasteiger partial charge in [-0.3, -0.25) is 4.79 Å². The second-order valence-electron chi connectivity index (χ2n) is 3.75. The minimum Gasteiger partial charge on any atom is -0.381 e. The van der Waals surface area contributed by atoms with Crippen molar-refractivity contribution in [3.8, 4) is 0 Å². The summed E-state index contributed by atoms with van der Waals surface area (Å²) in [5.74, 6) is 0.651. The molecule has 0 spiro atoms. The molecule has 4 nitrogen and oxygen atoms in total. The lowest BCUT2D eigenvalue weighted by molar-refractivity contribution is -0.122. The molecule has 1 amide bonds. The normalized spacial score (nSPS) is 23.4. The van der Waals surface area contributed by atoms with Crippen molar-refractivity contribution in [2.45, 2.75) is 26.3 Å². The number of hydrogen-bond acceptors (Lipinski definition) is 3. The van der Waals surface area contributed by atoms with Crippen molar-refractivity contribution in [2.24, 2.45) is 5.92 Å². The van der Waals surface area contributed by atoms with Crippen LogP contribution in [0.1, 0.15) is 20.3 Å². The molecule has 1 aliphatic heterocycles. The quantitative estimate of drug-likeness (QED) is 0.663. The Bertz CT molecular complexity index is 179. The van der Waals surface area contributed by atoms with Crippen molar-refractivity contribution in [3.05, 3.63) is 0 Å². The molecule has 1 aliphatic rings. The third-order valence-electron chi connectivity index (χ3n) is 2.48. The summed E-state index contributed by atoms with van der Waals surface area (Å²) in [6.45, 7) is 7.07. The van der Waals surface area contributed by atoms with Gasteiger partial charge in [-0.05, 0) is 26.2 Å². The molecular weight excluding hydrogens is 180 g/mol. The Morgan fingerprint density at radius 3 is 3.00 bits per heavy atom. The molecule has 0 aliphatic carbocycles. The molecule has 1 heterocycles. The van der Waals surface area contributed by atoms with E-state index in [-0.39, 0.29) is 11.9 Å². The maximum absolute atomic E-state index is 11.3. The highest BCUT2D eigenvalue weighted by Gasteiger charge is 2.18. The van der Waals surface area contributed by atoms with Crippen LogP contribution in [0.4, 0.5) is 0 Å². The van der Waals surface area contributed by atoms with E-state index in [0.717, 1.165) is 26.2 Å². The van der Waals surface area contributed by atoms with Crippen LogP contribution < -0.4 is 10.6 Å². The van der Waals surface area contributed by atoms with Crippen molar-refractivity contribution >= 4 is 5.91 Å². The molecule has 2 N–H and O–H groups in total. The average molecular weight is 200 g/mol. The fourth-order valence-electron chi connectivity index (χ4n) is 1.51. The molecule has 0 aromatic heterocycles. The van der Waals surface area contributed by atoms with E-state index in [0.29, 0.717) is 12.5 Å². The van der Waals surface area contributed by atoms with Crippen molar-refractivity contribution in [3.63, 3.8) is 0 Å². The van der Waals surface area contributed by atoms with Gasteiger partial charge in [-0.25, -0.2) is 0 Å². The highest BCUT2D eigenvalue weighted by atomic mass is 16.5. The van der Waals surface area contributed by atoms with E-state index >= 15 is 0 Å². The Morgan fingerprint density at radius 1 is 1.64 bits per heavy atom. The van der Waals surface area contributed by atoms with Crippen molar-refractivity contribution in [1.29, 1.82) is 0 Å². The third kappa shape index (κ3) is 3.64. The van der Waals surface area contributed by atoms with Crippen LogP contribution in [0.25, 0.3) is 0 Å². The van der Waals surface area contributed by atoms with E-state index in [9.17, 15) is 4.79 Å². The Morgan fingerprint density at radius 2 is 2.43 bits per heavy atom. The predicted molar refractivity (Wildman–Crippen MR) is 55.1 cm³/mol. The van der Waals surface area contributed by atoms with Crippen LogP contribution in [-0.4, -0.2) is 38.3 Å². The summed E-state index contributed by atoms with van der Waals surface area (Å²) in [5, 5.41) is 6.01. The summed E-state index contributed by atoms with van der Waals surface area (Å²) in [6.07, 6.45) is 1.11. The van der Waals surface area contributed by atoms with Gasteiger partial charge in [-0.15, -0.1) is 0 Å². The molecular formula is C10H20N2O2. The molecule has 0 bridgehead atoms. The van der Waals surface area contributed by atoms with Crippen LogP contribution in [-0.2, 0) is 9.53 Å². The summed E-state index contributed by atoms with van der Waals surface area (Å²) in [5.41, 5.74) is 0. The zero-order chi connectivity index (χ0) is 10.4. The smallest absolute Gasteiger partial charge is 0.236 e. The van der Waals surface area contributed by atoms with E-state index in [1.54, 1.807) is 0 Å². The maximum Gasteiger partial charge on any atom is 0.236 e. The Balaban J connectivity index is 2.13. The predicted octanol–water partition coefficient (Wildman–Crippen LogP) is 0.137. The van der Waals surface area contributed by atoms with Gasteiger partial charge in [0.15, 0.2) is 0 Å². The number of nitrogens with one attached hydrogen (secondary N) is 2. The van der Waals surface area contributed by atoms with Gasteiger partial charge in [0.2, 0.25) is 5.91 Å². The third-order valence-corrected chi connectivity index (χ3v) is 2.48. The highest BCUT2D eigenvalue weighted by Crippen LogP contribution is 2.10. The number of hydrogen-bond donors (Lipinski definition) is 2. The van der Waals surface area contributed by atoms with Crippen LogP contribution in [0.15, 0.2) is 0 Å². The molecule has 82 valence electrons. The summed E-state index contributed by atoms with van der Waals surface area (Å²) in [6, 6.07) is -0.101. The fourth-order valence-corrected chi connectivity index (χ4v) is 1.51. The number of rotatable bonds is 5. The number of likely N-dealkylation sites (N-methyl/N-ethyl adjacent to an activating group) is 1. The van der Waals surface area contributed by atoms with E-state index in [1.807, 2.05) is 13.8 Å². The molecule has 0 aromatic rings. The summed E-state index contributed by atoms with van der Waals surface area (Å²) in [7, 11) is 0. The number of carbonyl (C=O) groups excluding carboxylic acids is 1. The van der Waals surface area contributed by atoms with Crippen LogP contribution in [0, 0.1) is 5.92 Å². The number of amides is 1. The minimum atomic E-state index is -0.101. The topological polar surface area (TPSA) is 50.4 Å². The van der Waals surface area contributed by atoms with E-state index in [2.05, 4.69) is 10.6 Å². The summed E-state index contributed by atoms with van der Waals surface area (Å²) < 4.78 is 5.26. The first-order valence-corrected chi connectivity index (χ1v) is 5.33. The van der Waals surface area contributed by atoms with Crippen molar-refractivity contribution in [2.75, 3.05) is 26.3 Å². The second kappa shape index (κ2) is 5.98. The van der Waals surface area contributed by atoms with Gasteiger partial charge in [0.25, 0.3) is 0 Å². The van der Waals surface area contributed by atoms with Gasteiger partial charge in [0.1, 0.15) is 0 Å².